The smallest absolute Gasteiger partial charge is 0.319 e. The van der Waals surface area contributed by atoms with Crippen molar-refractivity contribution in [2.45, 2.75) is 80.9 Å². The number of anilines is 1. The lowest BCUT2D eigenvalue weighted by molar-refractivity contribution is -0.192. The predicted molar refractivity (Wildman–Crippen MR) is 193 cm³/mol. The van der Waals surface area contributed by atoms with E-state index in [2.05, 4.69) is 16.0 Å². The number of guanidine groups is 1. The Kier molecular flexibility index (Phi) is 18.0. The molecule has 1 aromatic rings. The summed E-state index contributed by atoms with van der Waals surface area (Å²) in [6.45, 7) is 15.2. The van der Waals surface area contributed by atoms with Crippen molar-refractivity contribution in [3.63, 3.8) is 0 Å². The highest BCUT2D eigenvalue weighted by Crippen LogP contribution is 2.38. The Bertz CT molecular complexity index is 1350. The Morgan fingerprint density at radius 1 is 0.712 bits per heavy atom. The van der Waals surface area contributed by atoms with Crippen molar-refractivity contribution in [2.24, 2.45) is 27.9 Å². The summed E-state index contributed by atoms with van der Waals surface area (Å²) < 4.78 is 33.8. The number of benzene rings is 1. The minimum atomic E-state index is -1.47. The average Bonchev–Trinajstić information content (AvgIpc) is 3.07. The highest BCUT2D eigenvalue weighted by atomic mass is 16.6. The maximum absolute atomic E-state index is 13.6. The van der Waals surface area contributed by atoms with Gasteiger partial charge in [-0.3, -0.25) is 24.6 Å². The minimum Gasteiger partial charge on any atom is -0.464 e. The third-order valence-electron chi connectivity index (χ3n) is 8.32. The van der Waals surface area contributed by atoms with E-state index in [1.165, 1.54) is 6.92 Å². The molecule has 16 nitrogen and oxygen atoms in total. The first-order valence-electron chi connectivity index (χ1n) is 17.2. The molecule has 0 bridgehead atoms. The van der Waals surface area contributed by atoms with E-state index < -0.39 is 57.7 Å². The van der Waals surface area contributed by atoms with Crippen LogP contribution in [0.15, 0.2) is 30.3 Å². The molecule has 16 heteroatoms. The van der Waals surface area contributed by atoms with Crippen molar-refractivity contribution in [1.29, 1.82) is 5.41 Å². The highest BCUT2D eigenvalue weighted by Gasteiger charge is 2.49. The van der Waals surface area contributed by atoms with Crippen LogP contribution in [-0.4, -0.2) is 100 Å². The van der Waals surface area contributed by atoms with Crippen molar-refractivity contribution in [2.75, 3.05) is 58.0 Å². The van der Waals surface area contributed by atoms with E-state index >= 15 is 0 Å². The van der Waals surface area contributed by atoms with Crippen LogP contribution < -0.4 is 21.7 Å². The Balaban J connectivity index is 2.96. The zero-order valence-electron chi connectivity index (χ0n) is 32.3. The molecule has 2 amide bonds. The second-order valence-corrected chi connectivity index (χ2v) is 14.6. The van der Waals surface area contributed by atoms with Gasteiger partial charge in [0, 0.05) is 5.69 Å². The Morgan fingerprint density at radius 3 is 1.75 bits per heavy atom. The maximum atomic E-state index is 13.6. The Hall–Kier alpha value is -4.44. The fourth-order valence-corrected chi connectivity index (χ4v) is 3.92. The van der Waals surface area contributed by atoms with Gasteiger partial charge in [0.1, 0.15) is 37.3 Å². The summed E-state index contributed by atoms with van der Waals surface area (Å²) in [6, 6.07) is 8.38. The number of nitrogens with one attached hydrogen (secondary N) is 4. The van der Waals surface area contributed by atoms with Crippen molar-refractivity contribution in [3.8, 4) is 0 Å². The molecule has 0 heterocycles. The fourth-order valence-electron chi connectivity index (χ4n) is 3.92. The number of carbonyl (C=O) groups excluding carboxylic acids is 5. The molecule has 0 aliphatic heterocycles. The van der Waals surface area contributed by atoms with Gasteiger partial charge in [-0.05, 0) is 67.5 Å². The topological polar surface area (TPSA) is 227 Å². The SMILES string of the molecule is CC(C)OCC(C)(COC(=O)C(C)(C)C(C)(C)OCC(C)(COC(=O)C(C)C)C(=O)OCCNC(=N)N)C(=O)OCCNC(=O)Nc1ccccc1. The number of amides is 2. The quantitative estimate of drug-likeness (QED) is 0.0379. The zero-order valence-corrected chi connectivity index (χ0v) is 32.3. The summed E-state index contributed by atoms with van der Waals surface area (Å²) in [5.41, 5.74) is 0.422. The summed E-state index contributed by atoms with van der Waals surface area (Å²) in [5, 5.41) is 15.1. The zero-order chi connectivity index (χ0) is 39.8. The molecule has 0 spiro atoms. The summed E-state index contributed by atoms with van der Waals surface area (Å²) in [5.74, 6) is -3.37. The van der Waals surface area contributed by atoms with E-state index in [1.54, 1.807) is 86.6 Å². The molecule has 0 aliphatic carbocycles. The summed E-state index contributed by atoms with van der Waals surface area (Å²) in [4.78, 5) is 64.6. The van der Waals surface area contributed by atoms with E-state index in [1.807, 2.05) is 6.07 Å². The van der Waals surface area contributed by atoms with E-state index in [4.69, 9.17) is 39.6 Å². The van der Waals surface area contributed by atoms with E-state index in [-0.39, 0.29) is 64.8 Å². The second kappa shape index (κ2) is 20.6. The first kappa shape index (κ1) is 45.6. The van der Waals surface area contributed by atoms with E-state index in [9.17, 15) is 24.0 Å². The van der Waals surface area contributed by atoms with Gasteiger partial charge in [-0.25, -0.2) is 4.79 Å². The molecule has 0 aliphatic rings. The molecule has 0 fully saturated rings. The lowest BCUT2D eigenvalue weighted by Crippen LogP contribution is -2.52. The van der Waals surface area contributed by atoms with Gasteiger partial charge in [-0.15, -0.1) is 0 Å². The minimum absolute atomic E-state index is 0.0301. The normalized spacial score (nSPS) is 14.0. The number of carbonyl (C=O) groups is 5. The van der Waals surface area contributed by atoms with Gasteiger partial charge < -0.3 is 50.1 Å². The molecule has 1 aromatic carbocycles. The van der Waals surface area contributed by atoms with Crippen molar-refractivity contribution in [3.05, 3.63) is 30.3 Å². The molecule has 0 saturated carbocycles. The first-order chi connectivity index (χ1) is 24.1. The highest BCUT2D eigenvalue weighted by molar-refractivity contribution is 5.89. The predicted octanol–water partition coefficient (Wildman–Crippen LogP) is 3.38. The van der Waals surface area contributed by atoms with E-state index in [0.29, 0.717) is 5.69 Å². The number of esters is 4. The van der Waals surface area contributed by atoms with Crippen molar-refractivity contribution in [1.82, 2.24) is 10.6 Å². The molecule has 0 radical (unpaired) electrons. The standard InChI is InChI=1S/C36H59N5O11/c1-24(2)27(42)50-21-36(10,30(45)47-18-16-39-31(37)38)23-52-34(7,8)33(5,6)28(43)51-22-35(9,20-49-25(3)4)29(44)48-19-17-40-32(46)41-26-14-12-11-13-15-26/h11-15,24-25H,16-23H2,1-10H3,(H4,37,38,39)(H2,40,41,46). The second-order valence-electron chi connectivity index (χ2n) is 14.6. The van der Waals surface area contributed by atoms with Crippen LogP contribution in [0.25, 0.3) is 0 Å². The van der Waals surface area contributed by atoms with Gasteiger partial charge in [-0.1, -0.05) is 32.0 Å². The third kappa shape index (κ3) is 15.0. The van der Waals surface area contributed by atoms with Crippen LogP contribution >= 0.6 is 0 Å². The van der Waals surface area contributed by atoms with Gasteiger partial charge in [0.15, 0.2) is 5.96 Å². The summed E-state index contributed by atoms with van der Waals surface area (Å²) in [6.07, 6.45) is -0.235. The molecule has 294 valence electrons. The fraction of sp³-hybridized carbons (Fsp3) is 0.667. The average molecular weight is 738 g/mol. The van der Waals surface area contributed by atoms with Crippen LogP contribution in [0.1, 0.15) is 69.2 Å². The first-order valence-corrected chi connectivity index (χ1v) is 17.2. The van der Waals surface area contributed by atoms with Gasteiger partial charge in [0.2, 0.25) is 0 Å². The van der Waals surface area contributed by atoms with Gasteiger partial charge in [-0.2, -0.15) is 0 Å². The van der Waals surface area contributed by atoms with Crippen LogP contribution in [-0.2, 0) is 47.6 Å². The van der Waals surface area contributed by atoms with Gasteiger partial charge in [0.25, 0.3) is 0 Å². The molecule has 1 rings (SSSR count). The largest absolute Gasteiger partial charge is 0.464 e. The van der Waals surface area contributed by atoms with Gasteiger partial charge in [0.05, 0.1) is 49.3 Å². The number of rotatable bonds is 22. The summed E-state index contributed by atoms with van der Waals surface area (Å²) in [7, 11) is 0. The number of para-hydroxylation sites is 1. The van der Waals surface area contributed by atoms with Crippen LogP contribution in [0, 0.1) is 27.6 Å². The molecular weight excluding hydrogens is 678 g/mol. The monoisotopic (exact) mass is 737 g/mol. The van der Waals surface area contributed by atoms with Crippen LogP contribution in [0.5, 0.6) is 0 Å². The van der Waals surface area contributed by atoms with Crippen molar-refractivity contribution >= 4 is 41.6 Å². The molecule has 0 aromatic heterocycles. The van der Waals surface area contributed by atoms with E-state index in [0.717, 1.165) is 0 Å². The summed E-state index contributed by atoms with van der Waals surface area (Å²) >= 11 is 0. The maximum Gasteiger partial charge on any atom is 0.319 e. The molecule has 52 heavy (non-hydrogen) atoms. The number of nitrogens with two attached hydrogens (primary N) is 1. The molecule has 6 N–H and O–H groups in total. The van der Waals surface area contributed by atoms with Crippen LogP contribution in [0.3, 0.4) is 0 Å². The lowest BCUT2D eigenvalue weighted by atomic mass is 9.76. The van der Waals surface area contributed by atoms with Crippen LogP contribution in [0.4, 0.5) is 10.5 Å². The van der Waals surface area contributed by atoms with Crippen LogP contribution in [0.2, 0.25) is 0 Å². The number of hydrogen-bond donors (Lipinski definition) is 5. The Morgan fingerprint density at radius 2 is 1.23 bits per heavy atom. The Labute approximate surface area is 307 Å². The molecule has 2 atom stereocenters. The third-order valence-corrected chi connectivity index (χ3v) is 8.32. The molecular formula is C36H59N5O11. The number of hydrogen-bond acceptors (Lipinski definition) is 12. The molecule has 2 unspecified atom stereocenters. The van der Waals surface area contributed by atoms with Crippen molar-refractivity contribution < 1.29 is 52.4 Å². The van der Waals surface area contributed by atoms with Gasteiger partial charge >= 0.3 is 29.9 Å². The molecule has 0 saturated heterocycles. The number of ether oxygens (including phenoxy) is 6. The lowest BCUT2D eigenvalue weighted by Gasteiger charge is -2.41. The number of urea groups is 1.